The molecule has 5 heteroatoms. The van der Waals surface area contributed by atoms with Crippen molar-refractivity contribution < 1.29 is 14.7 Å². The summed E-state index contributed by atoms with van der Waals surface area (Å²) in [5.74, 6) is -1.21. The van der Waals surface area contributed by atoms with E-state index in [0.29, 0.717) is 11.3 Å². The average molecular weight is 298 g/mol. The van der Waals surface area contributed by atoms with Crippen molar-refractivity contribution in [2.75, 3.05) is 5.32 Å². The first kappa shape index (κ1) is 15.7. The van der Waals surface area contributed by atoms with Gasteiger partial charge in [0.1, 0.15) is 6.04 Å². The van der Waals surface area contributed by atoms with E-state index in [1.165, 1.54) is 0 Å². The third-order valence-corrected chi connectivity index (χ3v) is 3.26. The molecular weight excluding hydrogens is 280 g/mol. The maximum absolute atomic E-state index is 12.1. The molecule has 0 fully saturated rings. The Morgan fingerprint density at radius 2 is 1.86 bits per heavy atom. The molecule has 0 saturated heterocycles. The van der Waals surface area contributed by atoms with Gasteiger partial charge in [-0.3, -0.25) is 9.59 Å². The first-order valence-electron chi connectivity index (χ1n) is 6.91. The highest BCUT2D eigenvalue weighted by molar-refractivity contribution is 6.04. The molecule has 2 aromatic rings. The number of aliphatic carboxylic acids is 1. The van der Waals surface area contributed by atoms with E-state index in [0.717, 1.165) is 11.1 Å². The summed E-state index contributed by atoms with van der Waals surface area (Å²) in [6.45, 7) is 1.93. The maximum Gasteiger partial charge on any atom is 0.320 e. The number of nitrogens with one attached hydrogen (secondary N) is 1. The third kappa shape index (κ3) is 4.17. The summed E-state index contributed by atoms with van der Waals surface area (Å²) in [7, 11) is 0. The van der Waals surface area contributed by atoms with Crippen LogP contribution in [0.15, 0.2) is 48.5 Å². The molecule has 0 radical (unpaired) electrons. The normalized spacial score (nSPS) is 11.7. The number of nitrogens with two attached hydrogens (primary N) is 1. The Hall–Kier alpha value is -2.66. The van der Waals surface area contributed by atoms with Crippen molar-refractivity contribution in [3.05, 3.63) is 65.2 Å². The average Bonchev–Trinajstić information content (AvgIpc) is 2.49. The summed E-state index contributed by atoms with van der Waals surface area (Å²) in [6, 6.07) is 13.4. The molecule has 2 rings (SSSR count). The minimum Gasteiger partial charge on any atom is -0.480 e. The second kappa shape index (κ2) is 6.87. The van der Waals surface area contributed by atoms with Crippen molar-refractivity contribution in [2.24, 2.45) is 5.73 Å². The number of anilines is 1. The molecule has 4 N–H and O–H groups in total. The predicted molar refractivity (Wildman–Crippen MR) is 84.9 cm³/mol. The molecule has 1 atom stereocenters. The Kier molecular flexibility index (Phi) is 4.91. The molecule has 1 amide bonds. The van der Waals surface area contributed by atoms with E-state index >= 15 is 0 Å². The lowest BCUT2D eigenvalue weighted by molar-refractivity contribution is -0.138. The minimum absolute atomic E-state index is 0.182. The molecule has 0 unspecified atom stereocenters. The molecule has 0 bridgehead atoms. The minimum atomic E-state index is -1.03. The zero-order valence-electron chi connectivity index (χ0n) is 12.2. The van der Waals surface area contributed by atoms with Crippen LogP contribution in [0.25, 0.3) is 0 Å². The lowest BCUT2D eigenvalue weighted by Gasteiger charge is -2.09. The van der Waals surface area contributed by atoms with Gasteiger partial charge in [0.25, 0.3) is 5.91 Å². The van der Waals surface area contributed by atoms with Crippen LogP contribution in [0.1, 0.15) is 21.5 Å². The molecule has 0 spiro atoms. The number of hydrogen-bond acceptors (Lipinski definition) is 3. The van der Waals surface area contributed by atoms with Gasteiger partial charge < -0.3 is 16.2 Å². The third-order valence-electron chi connectivity index (χ3n) is 3.26. The number of carboxylic acids is 1. The number of carboxylic acid groups (broad SMARTS) is 1. The van der Waals surface area contributed by atoms with E-state index in [1.807, 2.05) is 25.1 Å². The molecule has 0 heterocycles. The van der Waals surface area contributed by atoms with Crippen LogP contribution in [0.4, 0.5) is 5.69 Å². The fourth-order valence-electron chi connectivity index (χ4n) is 2.05. The molecule has 5 nitrogen and oxygen atoms in total. The van der Waals surface area contributed by atoms with Crippen LogP contribution in [-0.2, 0) is 11.2 Å². The topological polar surface area (TPSA) is 92.4 Å². The molecule has 0 saturated carbocycles. The number of benzene rings is 2. The van der Waals surface area contributed by atoms with Crippen molar-refractivity contribution in [1.82, 2.24) is 0 Å². The van der Waals surface area contributed by atoms with Gasteiger partial charge in [-0.1, -0.05) is 29.8 Å². The van der Waals surface area contributed by atoms with E-state index in [1.54, 1.807) is 30.3 Å². The van der Waals surface area contributed by atoms with Gasteiger partial charge in [0, 0.05) is 11.3 Å². The van der Waals surface area contributed by atoms with Crippen molar-refractivity contribution in [1.29, 1.82) is 0 Å². The van der Waals surface area contributed by atoms with Gasteiger partial charge in [0.15, 0.2) is 0 Å². The van der Waals surface area contributed by atoms with Crippen LogP contribution < -0.4 is 11.1 Å². The summed E-state index contributed by atoms with van der Waals surface area (Å²) in [5.41, 5.74) is 8.56. The number of aryl methyl sites for hydroxylation is 1. The highest BCUT2D eigenvalue weighted by atomic mass is 16.4. The Bertz CT molecular complexity index is 681. The Labute approximate surface area is 128 Å². The lowest BCUT2D eigenvalue weighted by Crippen LogP contribution is -2.32. The molecule has 114 valence electrons. The van der Waals surface area contributed by atoms with Crippen molar-refractivity contribution in [3.8, 4) is 0 Å². The summed E-state index contributed by atoms with van der Waals surface area (Å²) >= 11 is 0. The maximum atomic E-state index is 12.1. The largest absolute Gasteiger partial charge is 0.480 e. The zero-order chi connectivity index (χ0) is 16.1. The standard InChI is InChI=1S/C17H18N2O3/c1-11-3-2-4-13(9-11)16(20)19-14-7-5-12(6-8-14)10-15(18)17(21)22/h2-9,15H,10,18H2,1H3,(H,19,20)(H,21,22)/t15-/m0/s1. The smallest absolute Gasteiger partial charge is 0.320 e. The summed E-state index contributed by atoms with van der Waals surface area (Å²) < 4.78 is 0. The Morgan fingerprint density at radius 3 is 2.45 bits per heavy atom. The van der Waals surface area contributed by atoms with Crippen molar-refractivity contribution in [3.63, 3.8) is 0 Å². The van der Waals surface area contributed by atoms with Crippen LogP contribution in [0, 0.1) is 6.92 Å². The van der Waals surface area contributed by atoms with Gasteiger partial charge in [-0.05, 0) is 43.2 Å². The van der Waals surface area contributed by atoms with E-state index < -0.39 is 12.0 Å². The van der Waals surface area contributed by atoms with Crippen molar-refractivity contribution >= 4 is 17.6 Å². The number of rotatable bonds is 5. The zero-order valence-corrected chi connectivity index (χ0v) is 12.2. The molecular formula is C17H18N2O3. The summed E-state index contributed by atoms with van der Waals surface area (Å²) in [6.07, 6.45) is 0.251. The van der Waals surface area contributed by atoms with E-state index in [2.05, 4.69) is 5.32 Å². The quantitative estimate of drug-likeness (QED) is 0.789. The van der Waals surface area contributed by atoms with E-state index in [4.69, 9.17) is 10.8 Å². The SMILES string of the molecule is Cc1cccc(C(=O)Nc2ccc(C[C@H](N)C(=O)O)cc2)c1. The van der Waals surface area contributed by atoms with Gasteiger partial charge in [0.05, 0.1) is 0 Å². The number of carbonyl (C=O) groups excluding carboxylic acids is 1. The van der Waals surface area contributed by atoms with Gasteiger partial charge >= 0.3 is 5.97 Å². The number of carbonyl (C=O) groups is 2. The van der Waals surface area contributed by atoms with Crippen LogP contribution in [0.3, 0.4) is 0 Å². The number of amides is 1. The second-order valence-corrected chi connectivity index (χ2v) is 5.17. The van der Waals surface area contributed by atoms with Gasteiger partial charge in [0.2, 0.25) is 0 Å². The first-order valence-corrected chi connectivity index (χ1v) is 6.91. The molecule has 22 heavy (non-hydrogen) atoms. The van der Waals surface area contributed by atoms with Gasteiger partial charge in [-0.15, -0.1) is 0 Å². The monoisotopic (exact) mass is 298 g/mol. The number of hydrogen-bond donors (Lipinski definition) is 3. The lowest BCUT2D eigenvalue weighted by atomic mass is 10.1. The molecule has 2 aromatic carbocycles. The van der Waals surface area contributed by atoms with Gasteiger partial charge in [-0.25, -0.2) is 0 Å². The highest BCUT2D eigenvalue weighted by Crippen LogP contribution is 2.13. The molecule has 0 aliphatic heterocycles. The highest BCUT2D eigenvalue weighted by Gasteiger charge is 2.12. The fourth-order valence-corrected chi connectivity index (χ4v) is 2.05. The summed E-state index contributed by atoms with van der Waals surface area (Å²) in [5, 5.41) is 11.6. The van der Waals surface area contributed by atoms with Crippen molar-refractivity contribution in [2.45, 2.75) is 19.4 Å². The molecule has 0 aliphatic carbocycles. The fraction of sp³-hybridized carbons (Fsp3) is 0.176. The van der Waals surface area contributed by atoms with Gasteiger partial charge in [-0.2, -0.15) is 0 Å². The van der Waals surface area contributed by atoms with Crippen LogP contribution in [0.5, 0.6) is 0 Å². The molecule has 0 aliphatic rings. The first-order chi connectivity index (χ1) is 10.5. The predicted octanol–water partition coefficient (Wildman–Crippen LogP) is 2.20. The van der Waals surface area contributed by atoms with Crippen LogP contribution >= 0.6 is 0 Å². The Balaban J connectivity index is 2.02. The van der Waals surface area contributed by atoms with E-state index in [-0.39, 0.29) is 12.3 Å². The van der Waals surface area contributed by atoms with E-state index in [9.17, 15) is 9.59 Å². The summed E-state index contributed by atoms with van der Waals surface area (Å²) in [4.78, 5) is 22.8. The molecule has 0 aromatic heterocycles. The van der Waals surface area contributed by atoms with Crippen LogP contribution in [-0.4, -0.2) is 23.0 Å². The Morgan fingerprint density at radius 1 is 1.18 bits per heavy atom. The second-order valence-electron chi connectivity index (χ2n) is 5.17. The van der Waals surface area contributed by atoms with Crippen LogP contribution in [0.2, 0.25) is 0 Å².